The molecule has 1 aromatic carbocycles. The van der Waals surface area contributed by atoms with E-state index in [4.69, 9.17) is 10.8 Å². The largest absolute Gasteiger partial charge is 0.392 e. The second-order valence-corrected chi connectivity index (χ2v) is 4.09. The lowest BCUT2D eigenvalue weighted by atomic mass is 10.1. The van der Waals surface area contributed by atoms with E-state index in [0.717, 1.165) is 17.5 Å². The minimum atomic E-state index is -0.430. The lowest BCUT2D eigenvalue weighted by molar-refractivity contribution is -0.122. The standard InChI is InChI=1S/C13H20N2O2/c1-2-4-12(14)13(17)15-8-10-5-3-6-11(7-10)9-16/h3,5-7,12,16H,2,4,8-9,14H2,1H3,(H,15,17)/t12-/m1/s1. The number of aliphatic hydroxyl groups excluding tert-OH is 1. The van der Waals surface area contributed by atoms with Gasteiger partial charge in [0.15, 0.2) is 0 Å². The van der Waals surface area contributed by atoms with Gasteiger partial charge in [-0.2, -0.15) is 0 Å². The molecule has 4 N–H and O–H groups in total. The van der Waals surface area contributed by atoms with Crippen molar-refractivity contribution < 1.29 is 9.90 Å². The number of nitrogens with one attached hydrogen (secondary N) is 1. The smallest absolute Gasteiger partial charge is 0.237 e. The Bertz CT molecular complexity index is 366. The lowest BCUT2D eigenvalue weighted by Crippen LogP contribution is -2.40. The average molecular weight is 236 g/mol. The van der Waals surface area contributed by atoms with Gasteiger partial charge in [-0.1, -0.05) is 37.6 Å². The third-order valence-corrected chi connectivity index (χ3v) is 2.58. The summed E-state index contributed by atoms with van der Waals surface area (Å²) in [5.74, 6) is -0.124. The molecule has 0 unspecified atom stereocenters. The van der Waals surface area contributed by atoms with E-state index in [1.165, 1.54) is 0 Å². The van der Waals surface area contributed by atoms with Crippen molar-refractivity contribution in [3.8, 4) is 0 Å². The van der Waals surface area contributed by atoms with Gasteiger partial charge in [-0.05, 0) is 17.5 Å². The van der Waals surface area contributed by atoms with E-state index >= 15 is 0 Å². The van der Waals surface area contributed by atoms with Crippen molar-refractivity contribution in [2.24, 2.45) is 5.73 Å². The molecule has 0 bridgehead atoms. The highest BCUT2D eigenvalue weighted by atomic mass is 16.3. The zero-order valence-electron chi connectivity index (χ0n) is 10.1. The fourth-order valence-electron chi connectivity index (χ4n) is 1.60. The van der Waals surface area contributed by atoms with Gasteiger partial charge in [-0.25, -0.2) is 0 Å². The monoisotopic (exact) mass is 236 g/mol. The molecule has 1 amide bonds. The SMILES string of the molecule is CCC[C@@H](N)C(=O)NCc1cccc(CO)c1. The summed E-state index contributed by atoms with van der Waals surface area (Å²) in [6.45, 7) is 2.46. The number of benzene rings is 1. The highest BCUT2D eigenvalue weighted by molar-refractivity contribution is 5.81. The molecule has 0 fully saturated rings. The molecule has 1 atom stereocenters. The van der Waals surface area contributed by atoms with Gasteiger partial charge in [-0.3, -0.25) is 4.79 Å². The van der Waals surface area contributed by atoms with Gasteiger partial charge in [-0.15, -0.1) is 0 Å². The molecule has 0 aromatic heterocycles. The Hall–Kier alpha value is -1.39. The van der Waals surface area contributed by atoms with Crippen LogP contribution in [0.2, 0.25) is 0 Å². The lowest BCUT2D eigenvalue weighted by Gasteiger charge is -2.11. The van der Waals surface area contributed by atoms with Crippen LogP contribution >= 0.6 is 0 Å². The van der Waals surface area contributed by atoms with E-state index in [-0.39, 0.29) is 12.5 Å². The van der Waals surface area contributed by atoms with Crippen LogP contribution in [0.1, 0.15) is 30.9 Å². The first-order chi connectivity index (χ1) is 8.17. The molecule has 0 aliphatic carbocycles. The Morgan fingerprint density at radius 1 is 1.47 bits per heavy atom. The maximum Gasteiger partial charge on any atom is 0.237 e. The summed E-state index contributed by atoms with van der Waals surface area (Å²) in [6, 6.07) is 7.05. The van der Waals surface area contributed by atoms with Gasteiger partial charge < -0.3 is 16.2 Å². The van der Waals surface area contributed by atoms with Gasteiger partial charge in [0.25, 0.3) is 0 Å². The van der Waals surface area contributed by atoms with Crippen LogP contribution in [0.4, 0.5) is 0 Å². The van der Waals surface area contributed by atoms with E-state index in [0.29, 0.717) is 13.0 Å². The van der Waals surface area contributed by atoms with Crippen molar-refractivity contribution in [3.05, 3.63) is 35.4 Å². The molecule has 0 saturated heterocycles. The first-order valence-electron chi connectivity index (χ1n) is 5.89. The summed E-state index contributed by atoms with van der Waals surface area (Å²) < 4.78 is 0. The fraction of sp³-hybridized carbons (Fsp3) is 0.462. The number of rotatable bonds is 6. The molecule has 17 heavy (non-hydrogen) atoms. The van der Waals surface area contributed by atoms with Crippen molar-refractivity contribution in [1.29, 1.82) is 0 Å². The van der Waals surface area contributed by atoms with Crippen LogP contribution in [0.15, 0.2) is 24.3 Å². The van der Waals surface area contributed by atoms with Crippen LogP contribution in [-0.4, -0.2) is 17.1 Å². The number of aliphatic hydroxyl groups is 1. The number of hydrogen-bond acceptors (Lipinski definition) is 3. The van der Waals surface area contributed by atoms with Crippen molar-refractivity contribution in [3.63, 3.8) is 0 Å². The second-order valence-electron chi connectivity index (χ2n) is 4.09. The molecule has 0 saturated carbocycles. The second kappa shape index (κ2) is 7.04. The van der Waals surface area contributed by atoms with Crippen LogP contribution in [0.3, 0.4) is 0 Å². The van der Waals surface area contributed by atoms with E-state index in [1.54, 1.807) is 0 Å². The van der Waals surface area contributed by atoms with Gasteiger partial charge in [0, 0.05) is 6.54 Å². The molecule has 1 rings (SSSR count). The molecule has 0 aliphatic rings. The molecule has 0 radical (unpaired) electrons. The number of carbonyl (C=O) groups is 1. The van der Waals surface area contributed by atoms with E-state index in [2.05, 4.69) is 5.32 Å². The maximum absolute atomic E-state index is 11.6. The molecule has 4 heteroatoms. The third kappa shape index (κ3) is 4.54. The molecular formula is C13H20N2O2. The Labute approximate surface area is 102 Å². The van der Waals surface area contributed by atoms with Crippen LogP contribution in [0.5, 0.6) is 0 Å². The summed E-state index contributed by atoms with van der Waals surface area (Å²) >= 11 is 0. The molecule has 94 valence electrons. The summed E-state index contributed by atoms with van der Waals surface area (Å²) in [6.07, 6.45) is 1.59. The van der Waals surface area contributed by atoms with Crippen LogP contribution in [0.25, 0.3) is 0 Å². The van der Waals surface area contributed by atoms with Gasteiger partial charge >= 0.3 is 0 Å². The Balaban J connectivity index is 2.46. The topological polar surface area (TPSA) is 75.4 Å². The number of carbonyl (C=O) groups excluding carboxylic acids is 1. The zero-order valence-corrected chi connectivity index (χ0v) is 10.1. The predicted molar refractivity (Wildman–Crippen MR) is 67.1 cm³/mol. The summed E-state index contributed by atoms with van der Waals surface area (Å²) in [5.41, 5.74) is 7.50. The van der Waals surface area contributed by atoms with Crippen molar-refractivity contribution in [2.75, 3.05) is 0 Å². The van der Waals surface area contributed by atoms with Crippen LogP contribution in [0, 0.1) is 0 Å². The van der Waals surface area contributed by atoms with Crippen molar-refractivity contribution in [2.45, 2.75) is 39.0 Å². The minimum absolute atomic E-state index is 0.0110. The third-order valence-electron chi connectivity index (χ3n) is 2.58. The van der Waals surface area contributed by atoms with Crippen LogP contribution < -0.4 is 11.1 Å². The number of hydrogen-bond donors (Lipinski definition) is 3. The highest BCUT2D eigenvalue weighted by Crippen LogP contribution is 2.05. The molecule has 0 heterocycles. The predicted octanol–water partition coefficient (Wildman–Crippen LogP) is 0.922. The van der Waals surface area contributed by atoms with Crippen molar-refractivity contribution >= 4 is 5.91 Å². The Morgan fingerprint density at radius 3 is 2.82 bits per heavy atom. The summed E-state index contributed by atoms with van der Waals surface area (Å²) in [4.78, 5) is 11.6. The van der Waals surface area contributed by atoms with E-state index < -0.39 is 6.04 Å². The Kier molecular flexibility index (Phi) is 5.66. The van der Waals surface area contributed by atoms with E-state index in [9.17, 15) is 4.79 Å². The Morgan fingerprint density at radius 2 is 2.18 bits per heavy atom. The molecule has 0 aliphatic heterocycles. The normalized spacial score (nSPS) is 12.2. The van der Waals surface area contributed by atoms with Gasteiger partial charge in [0.05, 0.1) is 12.6 Å². The van der Waals surface area contributed by atoms with E-state index in [1.807, 2.05) is 31.2 Å². The molecule has 1 aromatic rings. The minimum Gasteiger partial charge on any atom is -0.392 e. The first-order valence-corrected chi connectivity index (χ1v) is 5.89. The number of nitrogens with two attached hydrogens (primary N) is 1. The molecule has 4 nitrogen and oxygen atoms in total. The molecule has 0 spiro atoms. The summed E-state index contributed by atoms with van der Waals surface area (Å²) in [7, 11) is 0. The average Bonchev–Trinajstić information content (AvgIpc) is 2.36. The zero-order chi connectivity index (χ0) is 12.7. The van der Waals surface area contributed by atoms with Gasteiger partial charge in [0.1, 0.15) is 0 Å². The number of amides is 1. The highest BCUT2D eigenvalue weighted by Gasteiger charge is 2.11. The molecular weight excluding hydrogens is 216 g/mol. The quantitative estimate of drug-likeness (QED) is 0.687. The van der Waals surface area contributed by atoms with Crippen LogP contribution in [-0.2, 0) is 17.9 Å². The van der Waals surface area contributed by atoms with Gasteiger partial charge in [0.2, 0.25) is 5.91 Å². The summed E-state index contributed by atoms with van der Waals surface area (Å²) in [5, 5.41) is 11.8. The van der Waals surface area contributed by atoms with Crippen molar-refractivity contribution in [1.82, 2.24) is 5.32 Å². The maximum atomic E-state index is 11.6. The first kappa shape index (κ1) is 13.7. The fourth-order valence-corrected chi connectivity index (χ4v) is 1.60.